The van der Waals surface area contributed by atoms with E-state index in [1.807, 2.05) is 7.05 Å². The molecule has 21 heavy (non-hydrogen) atoms. The van der Waals surface area contributed by atoms with Crippen LogP contribution in [0.15, 0.2) is 16.5 Å². The molecule has 2 atom stereocenters. The van der Waals surface area contributed by atoms with Crippen molar-refractivity contribution in [3.05, 3.63) is 23.7 Å². The first-order chi connectivity index (χ1) is 10.3. The average molecular weight is 293 g/mol. The second-order valence-electron chi connectivity index (χ2n) is 6.32. The zero-order valence-electron chi connectivity index (χ0n) is 13.2. The van der Waals surface area contributed by atoms with Crippen LogP contribution in [-0.4, -0.2) is 32.5 Å². The average Bonchev–Trinajstić information content (AvgIpc) is 2.98. The summed E-state index contributed by atoms with van der Waals surface area (Å²) in [6.07, 6.45) is 5.20. The van der Waals surface area contributed by atoms with Crippen LogP contribution in [0.3, 0.4) is 0 Å². The Labute approximate surface area is 127 Å². The quantitative estimate of drug-likeness (QED) is 0.926. The van der Waals surface area contributed by atoms with Crippen LogP contribution in [0, 0.1) is 5.92 Å². The second kappa shape index (κ2) is 6.51. The van der Waals surface area contributed by atoms with Gasteiger partial charge in [0.25, 0.3) is 0 Å². The maximum absolute atomic E-state index is 6.16. The third-order valence-electron chi connectivity index (χ3n) is 5.05. The third kappa shape index (κ3) is 3.17. The van der Waals surface area contributed by atoms with Crippen LogP contribution < -0.4 is 5.32 Å². The Morgan fingerprint density at radius 3 is 2.76 bits per heavy atom. The highest BCUT2D eigenvalue weighted by Crippen LogP contribution is 2.42. The van der Waals surface area contributed by atoms with Crippen molar-refractivity contribution in [2.75, 3.05) is 26.9 Å². The molecule has 1 aromatic rings. The van der Waals surface area contributed by atoms with Crippen LogP contribution in [-0.2, 0) is 15.9 Å². The largest absolute Gasteiger partial charge is 0.464 e. The molecule has 0 aliphatic carbocycles. The Hall–Kier alpha value is -0.840. The van der Waals surface area contributed by atoms with Gasteiger partial charge in [0, 0.05) is 26.2 Å². The van der Waals surface area contributed by atoms with Crippen LogP contribution in [0.2, 0.25) is 0 Å². The van der Waals surface area contributed by atoms with Crippen LogP contribution in [0.4, 0.5) is 0 Å². The lowest BCUT2D eigenvalue weighted by Crippen LogP contribution is -2.46. The smallest absolute Gasteiger partial charge is 0.121 e. The van der Waals surface area contributed by atoms with E-state index in [1.54, 1.807) is 0 Å². The number of furan rings is 1. The molecule has 2 unspecified atom stereocenters. The SMILES string of the molecule is CCc1ccc(C(NC)C2CCOC3(CCOCC3)C2)o1. The zero-order valence-corrected chi connectivity index (χ0v) is 13.2. The van der Waals surface area contributed by atoms with E-state index >= 15 is 0 Å². The molecule has 0 saturated carbocycles. The highest BCUT2D eigenvalue weighted by molar-refractivity contribution is 5.12. The first-order valence-corrected chi connectivity index (χ1v) is 8.24. The van der Waals surface area contributed by atoms with Crippen LogP contribution in [0.5, 0.6) is 0 Å². The van der Waals surface area contributed by atoms with Crippen molar-refractivity contribution in [1.82, 2.24) is 5.32 Å². The van der Waals surface area contributed by atoms with Gasteiger partial charge >= 0.3 is 0 Å². The molecule has 4 heteroatoms. The number of rotatable bonds is 4. The fourth-order valence-corrected chi connectivity index (χ4v) is 3.80. The van der Waals surface area contributed by atoms with Gasteiger partial charge in [0.05, 0.1) is 11.6 Å². The molecule has 0 radical (unpaired) electrons. The number of ether oxygens (including phenoxy) is 2. The standard InChI is InChI=1S/C17H27NO3/c1-3-14-4-5-15(21-14)16(18-2)13-6-9-20-17(12-13)7-10-19-11-8-17/h4-5,13,16,18H,3,6-12H2,1-2H3. The molecular weight excluding hydrogens is 266 g/mol. The van der Waals surface area contributed by atoms with Crippen molar-refractivity contribution in [1.29, 1.82) is 0 Å². The first kappa shape index (κ1) is 15.1. The number of aryl methyl sites for hydroxylation is 1. The molecule has 3 heterocycles. The molecule has 118 valence electrons. The summed E-state index contributed by atoms with van der Waals surface area (Å²) in [6, 6.07) is 4.52. The maximum Gasteiger partial charge on any atom is 0.121 e. The second-order valence-corrected chi connectivity index (χ2v) is 6.32. The molecule has 0 aromatic carbocycles. The zero-order chi connectivity index (χ0) is 14.7. The van der Waals surface area contributed by atoms with E-state index in [-0.39, 0.29) is 11.6 Å². The Morgan fingerprint density at radius 2 is 2.10 bits per heavy atom. The number of hydrogen-bond acceptors (Lipinski definition) is 4. The van der Waals surface area contributed by atoms with Crippen molar-refractivity contribution in [3.63, 3.8) is 0 Å². The van der Waals surface area contributed by atoms with Gasteiger partial charge < -0.3 is 19.2 Å². The summed E-state index contributed by atoms with van der Waals surface area (Å²) in [5.41, 5.74) is 0.0381. The van der Waals surface area contributed by atoms with E-state index in [4.69, 9.17) is 13.9 Å². The van der Waals surface area contributed by atoms with Gasteiger partial charge in [0.2, 0.25) is 0 Å². The normalized spacial score (nSPS) is 26.9. The van der Waals surface area contributed by atoms with Gasteiger partial charge in [-0.05, 0) is 50.8 Å². The summed E-state index contributed by atoms with van der Waals surface area (Å²) in [7, 11) is 2.03. The van der Waals surface area contributed by atoms with E-state index < -0.39 is 0 Å². The Kier molecular flexibility index (Phi) is 4.67. The monoisotopic (exact) mass is 293 g/mol. The summed E-state index contributed by atoms with van der Waals surface area (Å²) >= 11 is 0. The molecule has 3 rings (SSSR count). The summed E-state index contributed by atoms with van der Waals surface area (Å²) < 4.78 is 17.6. The molecule has 1 aromatic heterocycles. The fourth-order valence-electron chi connectivity index (χ4n) is 3.80. The molecule has 0 amide bonds. The molecular formula is C17H27NO3. The van der Waals surface area contributed by atoms with Crippen LogP contribution >= 0.6 is 0 Å². The highest BCUT2D eigenvalue weighted by Gasteiger charge is 2.41. The summed E-state index contributed by atoms with van der Waals surface area (Å²) in [4.78, 5) is 0. The van der Waals surface area contributed by atoms with Gasteiger partial charge in [0.15, 0.2) is 0 Å². The molecule has 1 N–H and O–H groups in total. The van der Waals surface area contributed by atoms with Gasteiger partial charge in [-0.1, -0.05) is 6.92 Å². The minimum absolute atomic E-state index is 0.0381. The van der Waals surface area contributed by atoms with Crippen LogP contribution in [0.1, 0.15) is 50.2 Å². The first-order valence-electron chi connectivity index (χ1n) is 8.24. The van der Waals surface area contributed by atoms with Gasteiger partial charge in [-0.2, -0.15) is 0 Å². The van der Waals surface area contributed by atoms with Gasteiger partial charge in [-0.25, -0.2) is 0 Å². The van der Waals surface area contributed by atoms with E-state index in [9.17, 15) is 0 Å². The van der Waals surface area contributed by atoms with Crippen molar-refractivity contribution in [2.24, 2.45) is 5.92 Å². The van der Waals surface area contributed by atoms with Crippen molar-refractivity contribution < 1.29 is 13.9 Å². The predicted molar refractivity (Wildman–Crippen MR) is 81.3 cm³/mol. The lowest BCUT2D eigenvalue weighted by Gasteiger charge is -2.45. The van der Waals surface area contributed by atoms with Crippen LogP contribution in [0.25, 0.3) is 0 Å². The Bertz CT molecular complexity index is 445. The molecule has 2 saturated heterocycles. The minimum Gasteiger partial charge on any atom is -0.464 e. The summed E-state index contributed by atoms with van der Waals surface area (Å²) in [5, 5.41) is 3.47. The Balaban J connectivity index is 1.73. The van der Waals surface area contributed by atoms with E-state index in [2.05, 4.69) is 24.4 Å². The summed E-state index contributed by atoms with van der Waals surface area (Å²) in [6.45, 7) is 4.64. The molecule has 2 fully saturated rings. The fraction of sp³-hybridized carbons (Fsp3) is 0.765. The lowest BCUT2D eigenvalue weighted by molar-refractivity contribution is -0.150. The van der Waals surface area contributed by atoms with Crippen molar-refractivity contribution >= 4 is 0 Å². The lowest BCUT2D eigenvalue weighted by atomic mass is 9.77. The number of hydrogen-bond donors (Lipinski definition) is 1. The van der Waals surface area contributed by atoms with Gasteiger partial charge in [0.1, 0.15) is 11.5 Å². The summed E-state index contributed by atoms with van der Waals surface area (Å²) in [5.74, 6) is 2.71. The van der Waals surface area contributed by atoms with Gasteiger partial charge in [-0.3, -0.25) is 0 Å². The topological polar surface area (TPSA) is 43.6 Å². The highest BCUT2D eigenvalue weighted by atomic mass is 16.5. The molecule has 1 spiro atoms. The van der Waals surface area contributed by atoms with Crippen molar-refractivity contribution in [3.8, 4) is 0 Å². The van der Waals surface area contributed by atoms with Crippen molar-refractivity contribution in [2.45, 2.75) is 50.7 Å². The van der Waals surface area contributed by atoms with E-state index in [0.29, 0.717) is 5.92 Å². The number of nitrogens with one attached hydrogen (secondary N) is 1. The van der Waals surface area contributed by atoms with Gasteiger partial charge in [-0.15, -0.1) is 0 Å². The Morgan fingerprint density at radius 1 is 1.29 bits per heavy atom. The predicted octanol–water partition coefficient (Wildman–Crippen LogP) is 3.08. The maximum atomic E-state index is 6.16. The molecule has 0 bridgehead atoms. The van der Waals surface area contributed by atoms with E-state index in [0.717, 1.165) is 63.4 Å². The molecule has 2 aliphatic heterocycles. The van der Waals surface area contributed by atoms with E-state index in [1.165, 1.54) is 0 Å². The molecule has 4 nitrogen and oxygen atoms in total. The molecule has 2 aliphatic rings. The minimum atomic E-state index is 0.0381. The third-order valence-corrected chi connectivity index (χ3v) is 5.05.